The van der Waals surface area contributed by atoms with Gasteiger partial charge in [0.15, 0.2) is 0 Å². The topological polar surface area (TPSA) is 96.7 Å². The van der Waals surface area contributed by atoms with E-state index in [-0.39, 0.29) is 26.7 Å². The molecule has 1 amide bonds. The van der Waals surface area contributed by atoms with Gasteiger partial charge in [-0.25, -0.2) is 4.79 Å². The van der Waals surface area contributed by atoms with Crippen LogP contribution in [0.25, 0.3) is 21.8 Å². The first kappa shape index (κ1) is 44.3. The zero-order chi connectivity index (χ0) is 39.7. The minimum atomic E-state index is -0.302. The van der Waals surface area contributed by atoms with Crippen LogP contribution in [-0.2, 0) is 17.6 Å². The number of nitrogens with one attached hydrogen (secondary N) is 3. The molecule has 4 aromatic carbocycles. The summed E-state index contributed by atoms with van der Waals surface area (Å²) in [4.78, 5) is 38.2. The highest BCUT2D eigenvalue weighted by molar-refractivity contribution is 5.94. The predicted molar refractivity (Wildman–Crippen MR) is 247 cm³/mol. The van der Waals surface area contributed by atoms with Gasteiger partial charge in [0.2, 0.25) is 0 Å². The van der Waals surface area contributed by atoms with E-state index in [9.17, 15) is 9.59 Å². The molecule has 2 atom stereocenters. The van der Waals surface area contributed by atoms with Crippen LogP contribution in [0.4, 0.5) is 0 Å². The monoisotopic (exact) mass is 811 g/mol. The number of aromatic amines is 2. The molecule has 0 aliphatic carbocycles. The van der Waals surface area contributed by atoms with Gasteiger partial charge in [0, 0.05) is 71.5 Å². The number of carbonyl (C=O) groups excluding carboxylic acids is 2. The number of H-pyrrole nitrogens is 2. The number of likely N-dealkylation sites (tertiary alicyclic amines) is 3. The molecule has 4 aliphatic rings. The van der Waals surface area contributed by atoms with E-state index < -0.39 is 0 Å². The lowest BCUT2D eigenvalue weighted by molar-refractivity contribution is 0.0600. The second-order valence-electron chi connectivity index (χ2n) is 16.3. The zero-order valence-electron chi connectivity index (χ0n) is 33.9. The van der Waals surface area contributed by atoms with Crippen LogP contribution in [0.15, 0.2) is 109 Å². The maximum Gasteiger partial charge on any atom is 0.337 e. The summed E-state index contributed by atoms with van der Waals surface area (Å²) in [7, 11) is 1.39. The van der Waals surface area contributed by atoms with Crippen LogP contribution in [-0.4, -0.2) is 108 Å². The van der Waals surface area contributed by atoms with Gasteiger partial charge in [-0.15, -0.1) is 0 Å². The number of aromatic nitrogens is 2. The Kier molecular flexibility index (Phi) is 15.8. The van der Waals surface area contributed by atoms with E-state index in [2.05, 4.69) is 79.8 Å². The molecule has 4 fully saturated rings. The van der Waals surface area contributed by atoms with Crippen molar-refractivity contribution in [3.63, 3.8) is 0 Å². The maximum absolute atomic E-state index is 12.9. The second-order valence-corrected chi connectivity index (χ2v) is 16.3. The average molecular weight is 811 g/mol. The van der Waals surface area contributed by atoms with Gasteiger partial charge in [-0.1, -0.05) is 75.5 Å². The smallest absolute Gasteiger partial charge is 0.337 e. The van der Waals surface area contributed by atoms with Crippen molar-refractivity contribution in [3.05, 3.63) is 143 Å². The summed E-state index contributed by atoms with van der Waals surface area (Å²) in [5.74, 6) is -0.121. The molecule has 0 spiro atoms. The Labute approximate surface area is 357 Å². The fourth-order valence-corrected chi connectivity index (χ4v) is 9.21. The molecule has 0 radical (unpaired) electrons. The Morgan fingerprint density at radius 1 is 0.617 bits per heavy atom. The summed E-state index contributed by atoms with van der Waals surface area (Å²) in [6, 6.07) is 33.8. The number of ether oxygens (including phenoxy) is 1. The largest absolute Gasteiger partial charge is 0.465 e. The number of benzene rings is 4. The van der Waals surface area contributed by atoms with Crippen molar-refractivity contribution < 1.29 is 14.3 Å². The molecular formula is C51H66N6O3. The van der Waals surface area contributed by atoms with Crippen molar-refractivity contribution in [2.45, 2.75) is 78.3 Å². The zero-order valence-corrected chi connectivity index (χ0v) is 33.9. The first-order chi connectivity index (χ1) is 28.5. The summed E-state index contributed by atoms with van der Waals surface area (Å²) in [5.41, 5.74) is 8.66. The normalized spacial score (nSPS) is 18.9. The fraction of sp³-hybridized carbons (Fsp3) is 0.412. The van der Waals surface area contributed by atoms with Crippen LogP contribution in [0.5, 0.6) is 0 Å². The number of hydrogen-bond donors (Lipinski definition) is 3. The Hall–Kier alpha value is -5.22. The van der Waals surface area contributed by atoms with Gasteiger partial charge < -0.3 is 24.9 Å². The number of nitrogens with zero attached hydrogens (tertiary/aromatic N) is 3. The van der Waals surface area contributed by atoms with Crippen LogP contribution in [0, 0.1) is 0 Å². The van der Waals surface area contributed by atoms with Crippen LogP contribution in [0.1, 0.15) is 96.3 Å². The highest BCUT2D eigenvalue weighted by Gasteiger charge is 2.32. The Morgan fingerprint density at radius 2 is 1.12 bits per heavy atom. The van der Waals surface area contributed by atoms with Crippen LogP contribution < -0.4 is 5.32 Å². The SMILES string of the molecule is C.C.C1CCN([C@H]2CCNC2)C1.COC(=O)c1ccc(Cc2c[nH]c3ccccc23)cc1.O=C(c1ccc(Cc2c[nH]c3ccccc23)cc1)N1CC[C@H](N2CCCC2)C1. The number of methoxy groups -OCH3 is 1. The molecule has 0 bridgehead atoms. The molecule has 60 heavy (non-hydrogen) atoms. The number of carbonyl (C=O) groups is 2. The lowest BCUT2D eigenvalue weighted by Gasteiger charge is -2.23. The summed E-state index contributed by atoms with van der Waals surface area (Å²) in [6.45, 7) is 9.36. The van der Waals surface area contributed by atoms with Crippen LogP contribution in [0.3, 0.4) is 0 Å². The average Bonchev–Trinajstić information content (AvgIpc) is 4.13. The van der Waals surface area contributed by atoms with Gasteiger partial charge >= 0.3 is 5.97 Å². The molecule has 9 heteroatoms. The Morgan fingerprint density at radius 3 is 1.62 bits per heavy atom. The summed E-state index contributed by atoms with van der Waals surface area (Å²) in [5, 5.41) is 5.92. The van der Waals surface area contributed by atoms with Gasteiger partial charge in [0.25, 0.3) is 5.91 Å². The molecule has 10 rings (SSSR count). The van der Waals surface area contributed by atoms with Crippen molar-refractivity contribution in [3.8, 4) is 0 Å². The van der Waals surface area contributed by atoms with Crippen molar-refractivity contribution in [1.29, 1.82) is 0 Å². The second kappa shape index (κ2) is 21.3. The number of fused-ring (bicyclic) bond motifs is 2. The molecule has 0 unspecified atom stereocenters. The molecule has 6 heterocycles. The van der Waals surface area contributed by atoms with E-state index in [0.717, 1.165) is 49.5 Å². The number of para-hydroxylation sites is 2. The van der Waals surface area contributed by atoms with Crippen molar-refractivity contribution in [1.82, 2.24) is 30.0 Å². The first-order valence-electron chi connectivity index (χ1n) is 21.4. The fourth-order valence-electron chi connectivity index (χ4n) is 9.21. The van der Waals surface area contributed by atoms with Crippen LogP contribution >= 0.6 is 0 Å². The number of amides is 1. The van der Waals surface area contributed by atoms with Gasteiger partial charge in [-0.2, -0.15) is 0 Å². The highest BCUT2D eigenvalue weighted by atomic mass is 16.5. The molecule has 4 aliphatic heterocycles. The lowest BCUT2D eigenvalue weighted by atomic mass is 10.0. The molecule has 0 saturated carbocycles. The third-order valence-corrected chi connectivity index (χ3v) is 12.5. The third-order valence-electron chi connectivity index (χ3n) is 12.5. The Bertz CT molecular complexity index is 2230. The van der Waals surface area contributed by atoms with E-state index >= 15 is 0 Å². The number of hydrogen-bond acceptors (Lipinski definition) is 6. The van der Waals surface area contributed by atoms with Crippen LogP contribution in [0.2, 0.25) is 0 Å². The first-order valence-corrected chi connectivity index (χ1v) is 21.4. The van der Waals surface area contributed by atoms with Crippen molar-refractivity contribution in [2.24, 2.45) is 0 Å². The number of esters is 1. The van der Waals surface area contributed by atoms with Crippen molar-refractivity contribution >= 4 is 33.7 Å². The minimum absolute atomic E-state index is 0. The summed E-state index contributed by atoms with van der Waals surface area (Å²) in [6.07, 6.45) is 13.8. The van der Waals surface area contributed by atoms with E-state index in [1.54, 1.807) is 12.1 Å². The summed E-state index contributed by atoms with van der Waals surface area (Å²) >= 11 is 0. The van der Waals surface area contributed by atoms with Gasteiger partial charge in [0.1, 0.15) is 0 Å². The summed E-state index contributed by atoms with van der Waals surface area (Å²) < 4.78 is 4.70. The van der Waals surface area contributed by atoms with Gasteiger partial charge in [0.05, 0.1) is 12.7 Å². The molecule has 4 saturated heterocycles. The van der Waals surface area contributed by atoms with E-state index in [1.165, 1.54) is 117 Å². The molecule has 6 aromatic rings. The lowest BCUT2D eigenvalue weighted by Crippen LogP contribution is -2.37. The molecule has 2 aromatic heterocycles. The predicted octanol–water partition coefficient (Wildman–Crippen LogP) is 9.33. The number of rotatable bonds is 8. The molecule has 9 nitrogen and oxygen atoms in total. The van der Waals surface area contributed by atoms with Crippen molar-refractivity contribution in [2.75, 3.05) is 59.5 Å². The molecular weight excluding hydrogens is 745 g/mol. The van der Waals surface area contributed by atoms with E-state index in [0.29, 0.717) is 11.6 Å². The third kappa shape index (κ3) is 10.7. The standard InChI is InChI=1S/C24H27N3O.C17H15NO2.C8H16N2.2CH4/c28-24(27-14-11-21(17-27)26-12-3-4-13-26)19-9-7-18(8-10-19)15-20-16-25-23-6-2-1-5-22(20)23;1-20-17(19)13-8-6-12(7-9-13)10-14-11-18-16-5-3-2-4-15(14)16;1-2-6-10(5-1)8-3-4-9-7-8;;/h1-2,5-10,16,21,25H,3-4,11-15,17H2;2-9,11,18H,10H2,1H3;8-9H,1-7H2;2*1H4/t21-;;8-;;/m0.0../s1. The van der Waals surface area contributed by atoms with Gasteiger partial charge in [-0.3, -0.25) is 14.6 Å². The quantitative estimate of drug-likeness (QED) is 0.133. The molecule has 3 N–H and O–H groups in total. The van der Waals surface area contributed by atoms with E-state index in [1.807, 2.05) is 47.5 Å². The molecule has 318 valence electrons. The maximum atomic E-state index is 12.9. The minimum Gasteiger partial charge on any atom is -0.465 e. The van der Waals surface area contributed by atoms with Gasteiger partial charge in [-0.05, 0) is 143 Å². The van der Waals surface area contributed by atoms with E-state index in [4.69, 9.17) is 4.74 Å². The Balaban J connectivity index is 0.000000164. The highest BCUT2D eigenvalue weighted by Crippen LogP contribution is 2.25.